The number of carbonyl (C=O) groups excluding carboxylic acids is 1. The summed E-state index contributed by atoms with van der Waals surface area (Å²) in [7, 11) is 1.29. The lowest BCUT2D eigenvalue weighted by molar-refractivity contribution is 0.0561. The summed E-state index contributed by atoms with van der Waals surface area (Å²) in [4.78, 5) is 37.7. The summed E-state index contributed by atoms with van der Waals surface area (Å²) in [6, 6.07) is 1.74. The summed E-state index contributed by atoms with van der Waals surface area (Å²) in [6.07, 6.45) is 1.56. The molecule has 0 aliphatic carbocycles. The zero-order valence-corrected chi connectivity index (χ0v) is 15.1. The molecule has 2 heterocycles. The van der Waals surface area contributed by atoms with Crippen LogP contribution in [-0.2, 0) is 23.4 Å². The van der Waals surface area contributed by atoms with E-state index in [1.165, 1.54) is 11.7 Å². The van der Waals surface area contributed by atoms with Crippen molar-refractivity contribution in [3.8, 4) is 0 Å². The van der Waals surface area contributed by atoms with Gasteiger partial charge in [0.25, 0.3) is 5.56 Å². The van der Waals surface area contributed by atoms with Crippen molar-refractivity contribution in [1.29, 1.82) is 0 Å². The molecule has 8 nitrogen and oxygen atoms in total. The zero-order valence-electron chi connectivity index (χ0n) is 15.1. The molecule has 136 valence electrons. The normalized spacial score (nSPS) is 11.6. The summed E-state index contributed by atoms with van der Waals surface area (Å²) < 4.78 is 11.6. The first kappa shape index (κ1) is 18.7. The molecule has 0 aromatic carbocycles. The van der Waals surface area contributed by atoms with Crippen LogP contribution < -0.4 is 16.6 Å². The van der Waals surface area contributed by atoms with Gasteiger partial charge in [-0.25, -0.2) is 9.59 Å². The molecule has 0 atom stereocenters. The van der Waals surface area contributed by atoms with Crippen molar-refractivity contribution in [2.75, 3.05) is 7.11 Å². The van der Waals surface area contributed by atoms with Crippen LogP contribution in [0.2, 0.25) is 0 Å². The number of hydrogen-bond acceptors (Lipinski definition) is 6. The molecule has 0 fully saturated rings. The van der Waals surface area contributed by atoms with Gasteiger partial charge in [0.1, 0.15) is 5.76 Å². The molecule has 2 N–H and O–H groups in total. The molecule has 0 unspecified atom stereocenters. The Kier molecular flexibility index (Phi) is 5.32. The fourth-order valence-electron chi connectivity index (χ4n) is 2.39. The van der Waals surface area contributed by atoms with Gasteiger partial charge in [-0.05, 0) is 33.8 Å². The van der Waals surface area contributed by atoms with E-state index in [1.807, 2.05) is 20.8 Å². The van der Waals surface area contributed by atoms with Crippen molar-refractivity contribution in [2.24, 2.45) is 0 Å². The number of methoxy groups -OCH3 is 1. The Labute approximate surface area is 144 Å². The van der Waals surface area contributed by atoms with Crippen LogP contribution in [-0.4, -0.2) is 22.6 Å². The van der Waals surface area contributed by atoms with Gasteiger partial charge in [0, 0.05) is 29.4 Å². The van der Waals surface area contributed by atoms with Crippen LogP contribution in [0.25, 0.3) is 0 Å². The first-order chi connectivity index (χ1) is 11.6. The predicted molar refractivity (Wildman–Crippen MR) is 91.6 cm³/mol. The number of aromatic amines is 1. The fourth-order valence-corrected chi connectivity index (χ4v) is 2.39. The third-order valence-electron chi connectivity index (χ3n) is 3.69. The van der Waals surface area contributed by atoms with Gasteiger partial charge in [-0.2, -0.15) is 0 Å². The van der Waals surface area contributed by atoms with E-state index in [0.717, 1.165) is 0 Å². The van der Waals surface area contributed by atoms with Gasteiger partial charge in [-0.3, -0.25) is 14.3 Å². The third kappa shape index (κ3) is 4.27. The lowest BCUT2D eigenvalue weighted by atomic mass is 10.1. The highest BCUT2D eigenvalue weighted by molar-refractivity contribution is 5.87. The molecule has 0 bridgehead atoms. The van der Waals surface area contributed by atoms with Crippen LogP contribution in [0.1, 0.15) is 48.2 Å². The molecule has 2 aromatic heterocycles. The maximum Gasteiger partial charge on any atom is 0.374 e. The molecule has 0 radical (unpaired) electrons. The van der Waals surface area contributed by atoms with Crippen LogP contribution >= 0.6 is 0 Å². The van der Waals surface area contributed by atoms with E-state index in [2.05, 4.69) is 15.0 Å². The number of carbonyl (C=O) groups is 1. The summed E-state index contributed by atoms with van der Waals surface area (Å²) in [5.41, 5.74) is -0.188. The van der Waals surface area contributed by atoms with Gasteiger partial charge < -0.3 is 14.5 Å². The molecule has 0 amide bonds. The second kappa shape index (κ2) is 7.10. The molecular formula is C17H23N3O5. The monoisotopic (exact) mass is 349 g/mol. The highest BCUT2D eigenvalue weighted by Gasteiger charge is 2.18. The van der Waals surface area contributed by atoms with Crippen molar-refractivity contribution in [1.82, 2.24) is 14.9 Å². The van der Waals surface area contributed by atoms with E-state index in [0.29, 0.717) is 23.4 Å². The Morgan fingerprint density at radius 2 is 2.00 bits per heavy atom. The van der Waals surface area contributed by atoms with Gasteiger partial charge in [-0.1, -0.05) is 0 Å². The quantitative estimate of drug-likeness (QED) is 0.788. The predicted octanol–water partition coefficient (Wildman–Crippen LogP) is 1.27. The second-order valence-electron chi connectivity index (χ2n) is 6.77. The summed E-state index contributed by atoms with van der Waals surface area (Å²) in [6.45, 7) is 7.96. The summed E-state index contributed by atoms with van der Waals surface area (Å²) in [5.74, 6) is 0.189. The van der Waals surface area contributed by atoms with Crippen LogP contribution in [0.5, 0.6) is 0 Å². The lowest BCUT2D eigenvalue weighted by Crippen LogP contribution is -2.40. The first-order valence-corrected chi connectivity index (χ1v) is 7.87. The number of rotatable bonds is 5. The molecule has 0 aliphatic heterocycles. The number of ether oxygens (including phenoxy) is 1. The van der Waals surface area contributed by atoms with E-state index in [4.69, 9.17) is 4.42 Å². The van der Waals surface area contributed by atoms with Crippen LogP contribution in [0, 0.1) is 6.92 Å². The van der Waals surface area contributed by atoms with E-state index in [-0.39, 0.29) is 12.3 Å². The van der Waals surface area contributed by atoms with Crippen LogP contribution in [0.15, 0.2) is 26.3 Å². The Bertz CT molecular complexity index is 883. The molecule has 0 spiro atoms. The molecule has 0 saturated heterocycles. The average molecular weight is 349 g/mol. The van der Waals surface area contributed by atoms with E-state index in [9.17, 15) is 14.4 Å². The number of aromatic nitrogens is 2. The third-order valence-corrected chi connectivity index (χ3v) is 3.69. The van der Waals surface area contributed by atoms with Crippen molar-refractivity contribution < 1.29 is 13.9 Å². The average Bonchev–Trinajstić information content (AvgIpc) is 2.88. The van der Waals surface area contributed by atoms with Gasteiger partial charge >= 0.3 is 11.7 Å². The molecule has 25 heavy (non-hydrogen) atoms. The van der Waals surface area contributed by atoms with E-state index < -0.39 is 22.8 Å². The number of furan rings is 1. The fraction of sp³-hybridized carbons (Fsp3) is 0.471. The van der Waals surface area contributed by atoms with Gasteiger partial charge in [-0.15, -0.1) is 0 Å². The lowest BCUT2D eigenvalue weighted by Gasteiger charge is -2.22. The van der Waals surface area contributed by atoms with E-state index >= 15 is 0 Å². The van der Waals surface area contributed by atoms with E-state index in [1.54, 1.807) is 19.2 Å². The highest BCUT2D eigenvalue weighted by atomic mass is 16.5. The number of H-pyrrole nitrogens is 1. The molecule has 8 heteroatoms. The smallest absolute Gasteiger partial charge is 0.374 e. The van der Waals surface area contributed by atoms with Crippen molar-refractivity contribution in [2.45, 2.75) is 46.3 Å². The summed E-state index contributed by atoms with van der Waals surface area (Å²) in [5, 5.41) is 3.07. The van der Waals surface area contributed by atoms with Gasteiger partial charge in [0.05, 0.1) is 13.7 Å². The minimum Gasteiger partial charge on any atom is -0.463 e. The van der Waals surface area contributed by atoms with Crippen LogP contribution in [0.3, 0.4) is 0 Å². The molecule has 2 rings (SSSR count). The number of nitrogens with one attached hydrogen (secondary N) is 2. The Hall–Kier alpha value is -2.61. The Morgan fingerprint density at radius 1 is 1.32 bits per heavy atom. The molecular weight excluding hydrogens is 326 g/mol. The Morgan fingerprint density at radius 3 is 2.60 bits per heavy atom. The summed E-state index contributed by atoms with van der Waals surface area (Å²) >= 11 is 0. The number of hydrogen-bond donors (Lipinski definition) is 2. The van der Waals surface area contributed by atoms with Crippen molar-refractivity contribution >= 4 is 5.97 Å². The molecule has 0 aliphatic rings. The van der Waals surface area contributed by atoms with Crippen molar-refractivity contribution in [3.63, 3.8) is 0 Å². The van der Waals surface area contributed by atoms with Gasteiger partial charge in [0.15, 0.2) is 0 Å². The zero-order chi connectivity index (χ0) is 18.8. The Balaban J connectivity index is 2.11. The van der Waals surface area contributed by atoms with Crippen LogP contribution in [0.4, 0.5) is 0 Å². The largest absolute Gasteiger partial charge is 0.463 e. The van der Waals surface area contributed by atoms with Crippen molar-refractivity contribution in [3.05, 3.63) is 55.7 Å². The second-order valence-corrected chi connectivity index (χ2v) is 6.77. The number of nitrogens with zero attached hydrogens (tertiary/aromatic N) is 1. The topological polar surface area (TPSA) is 106 Å². The number of aryl methyl sites for hydroxylation is 1. The number of esters is 1. The maximum atomic E-state index is 12.0. The van der Waals surface area contributed by atoms with Gasteiger partial charge in [0.2, 0.25) is 5.76 Å². The standard InChI is InChI=1S/C17H23N3O5/c1-10-6-12(25-13(10)15(22)24-5)8-18-7-11-9-20(17(2,3)4)16(23)19-14(11)21/h6,9,18H,7-8H2,1-5H3,(H,19,21,23). The maximum absolute atomic E-state index is 12.0. The molecule has 2 aromatic rings. The minimum absolute atomic E-state index is 0.165. The minimum atomic E-state index is -0.530. The first-order valence-electron chi connectivity index (χ1n) is 7.87. The highest BCUT2D eigenvalue weighted by Crippen LogP contribution is 2.15. The molecule has 0 saturated carbocycles. The SMILES string of the molecule is COC(=O)c1oc(CNCc2cn(C(C)(C)C)c(=O)[nH]c2=O)cc1C.